The molecule has 3 rings (SSSR count). The molecule has 17 heavy (non-hydrogen) atoms. The highest BCUT2D eigenvalue weighted by Gasteiger charge is 2.49. The lowest BCUT2D eigenvalue weighted by atomic mass is 9.80. The Morgan fingerprint density at radius 2 is 2.06 bits per heavy atom. The molecule has 1 atom stereocenters. The molecule has 1 heterocycles. The second kappa shape index (κ2) is 3.81. The summed E-state index contributed by atoms with van der Waals surface area (Å²) in [6.07, 6.45) is 4.77. The third-order valence-corrected chi connectivity index (χ3v) is 4.34. The molecule has 1 aliphatic carbocycles. The fourth-order valence-electron chi connectivity index (χ4n) is 3.59. The summed E-state index contributed by atoms with van der Waals surface area (Å²) in [4.78, 5) is 0. The van der Waals surface area contributed by atoms with Gasteiger partial charge in [0.15, 0.2) is 0 Å². The van der Waals surface area contributed by atoms with E-state index in [9.17, 15) is 4.39 Å². The lowest BCUT2D eigenvalue weighted by molar-refractivity contribution is 0.320. The van der Waals surface area contributed by atoms with Gasteiger partial charge in [-0.2, -0.15) is 0 Å². The molecule has 92 valence electrons. The Labute approximate surface area is 102 Å². The first kappa shape index (κ1) is 11.2. The third kappa shape index (κ3) is 1.70. The summed E-state index contributed by atoms with van der Waals surface area (Å²) in [6.45, 7) is 5.05. The van der Waals surface area contributed by atoms with E-state index in [1.54, 1.807) is 6.07 Å². The number of nitrogens with one attached hydrogen (secondary N) is 1. The van der Waals surface area contributed by atoms with Gasteiger partial charge < -0.3 is 5.32 Å². The Balaban J connectivity index is 2.13. The smallest absolute Gasteiger partial charge is 0.128 e. The predicted octanol–water partition coefficient (Wildman–Crippen LogP) is 3.43. The summed E-state index contributed by atoms with van der Waals surface area (Å²) < 4.78 is 14.4. The van der Waals surface area contributed by atoms with E-state index in [1.165, 1.54) is 19.3 Å². The fourth-order valence-corrected chi connectivity index (χ4v) is 3.59. The van der Waals surface area contributed by atoms with Crippen molar-refractivity contribution in [1.29, 1.82) is 0 Å². The van der Waals surface area contributed by atoms with Gasteiger partial charge in [0.25, 0.3) is 0 Å². The minimum Gasteiger partial charge on any atom is -0.307 e. The SMILES string of the molecule is Cc1cc(C)c(C2(C3CC3)CCCN2)c(F)c1. The maximum Gasteiger partial charge on any atom is 0.128 e. The quantitative estimate of drug-likeness (QED) is 0.825. The molecule has 0 amide bonds. The Kier molecular flexibility index (Phi) is 2.51. The largest absolute Gasteiger partial charge is 0.307 e. The van der Waals surface area contributed by atoms with E-state index >= 15 is 0 Å². The van der Waals surface area contributed by atoms with Crippen LogP contribution in [0.3, 0.4) is 0 Å². The van der Waals surface area contributed by atoms with Crippen LogP contribution in [0.2, 0.25) is 0 Å². The van der Waals surface area contributed by atoms with Crippen LogP contribution in [0.15, 0.2) is 12.1 Å². The van der Waals surface area contributed by atoms with Gasteiger partial charge in [-0.05, 0) is 69.2 Å². The molecule has 1 saturated carbocycles. The summed E-state index contributed by atoms with van der Waals surface area (Å²) in [5.74, 6) is 0.643. The molecule has 0 aromatic heterocycles. The third-order valence-electron chi connectivity index (χ3n) is 4.34. The van der Waals surface area contributed by atoms with Crippen LogP contribution in [0.1, 0.15) is 42.4 Å². The van der Waals surface area contributed by atoms with E-state index in [1.807, 2.05) is 6.92 Å². The van der Waals surface area contributed by atoms with Crippen LogP contribution in [0.4, 0.5) is 4.39 Å². The van der Waals surface area contributed by atoms with Gasteiger partial charge in [0.1, 0.15) is 5.82 Å². The Hall–Kier alpha value is -0.890. The van der Waals surface area contributed by atoms with Crippen LogP contribution in [0.5, 0.6) is 0 Å². The maximum absolute atomic E-state index is 14.4. The van der Waals surface area contributed by atoms with Gasteiger partial charge in [-0.15, -0.1) is 0 Å². The van der Waals surface area contributed by atoms with Gasteiger partial charge in [0.2, 0.25) is 0 Å². The van der Waals surface area contributed by atoms with Crippen molar-refractivity contribution in [3.05, 3.63) is 34.6 Å². The molecule has 1 unspecified atom stereocenters. The number of hydrogen-bond donors (Lipinski definition) is 1. The lowest BCUT2D eigenvalue weighted by Gasteiger charge is -2.32. The standard InChI is InChI=1S/C15H20FN/c1-10-8-11(2)14(13(16)9-10)15(12-4-5-12)6-3-7-17-15/h8-9,12,17H,3-7H2,1-2H3. The molecule has 1 aliphatic heterocycles. The Morgan fingerprint density at radius 1 is 1.29 bits per heavy atom. The summed E-state index contributed by atoms with van der Waals surface area (Å²) in [5, 5.41) is 3.61. The lowest BCUT2D eigenvalue weighted by Crippen LogP contribution is -2.40. The normalized spacial score (nSPS) is 28.6. The van der Waals surface area contributed by atoms with Crippen LogP contribution in [-0.2, 0) is 5.54 Å². The molecule has 0 bridgehead atoms. The second-order valence-electron chi connectivity index (χ2n) is 5.71. The number of rotatable bonds is 2. The number of halogens is 1. The van der Waals surface area contributed by atoms with Crippen molar-refractivity contribution in [2.75, 3.05) is 6.54 Å². The van der Waals surface area contributed by atoms with Crippen molar-refractivity contribution >= 4 is 0 Å². The van der Waals surface area contributed by atoms with Crippen LogP contribution >= 0.6 is 0 Å². The summed E-state index contributed by atoms with van der Waals surface area (Å²) in [5.41, 5.74) is 3.03. The molecule has 2 fully saturated rings. The zero-order chi connectivity index (χ0) is 12.0. The molecule has 1 aromatic carbocycles. The van der Waals surface area contributed by atoms with E-state index < -0.39 is 0 Å². The first-order valence-corrected chi connectivity index (χ1v) is 6.66. The maximum atomic E-state index is 14.4. The van der Waals surface area contributed by atoms with Gasteiger partial charge in [0, 0.05) is 11.1 Å². The average Bonchev–Trinajstić information content (AvgIpc) is 2.99. The van der Waals surface area contributed by atoms with Gasteiger partial charge in [-0.25, -0.2) is 4.39 Å². The molecule has 1 N–H and O–H groups in total. The molecule has 2 heteroatoms. The van der Waals surface area contributed by atoms with Crippen LogP contribution in [0, 0.1) is 25.6 Å². The average molecular weight is 233 g/mol. The van der Waals surface area contributed by atoms with Gasteiger partial charge in [-0.1, -0.05) is 6.07 Å². The molecular weight excluding hydrogens is 213 g/mol. The molecule has 0 radical (unpaired) electrons. The van der Waals surface area contributed by atoms with Gasteiger partial charge in [-0.3, -0.25) is 0 Å². The second-order valence-corrected chi connectivity index (χ2v) is 5.71. The minimum atomic E-state index is -0.0537. The minimum absolute atomic E-state index is 0.0104. The highest BCUT2D eigenvalue weighted by Crippen LogP contribution is 2.51. The highest BCUT2D eigenvalue weighted by atomic mass is 19.1. The summed E-state index contributed by atoms with van der Waals surface area (Å²) in [6, 6.07) is 3.80. The monoisotopic (exact) mass is 233 g/mol. The molecule has 1 aromatic rings. The zero-order valence-corrected chi connectivity index (χ0v) is 10.6. The number of hydrogen-bond acceptors (Lipinski definition) is 1. The zero-order valence-electron chi connectivity index (χ0n) is 10.6. The van der Waals surface area contributed by atoms with E-state index in [0.29, 0.717) is 5.92 Å². The van der Waals surface area contributed by atoms with Crippen LogP contribution in [0.25, 0.3) is 0 Å². The first-order valence-electron chi connectivity index (χ1n) is 6.66. The topological polar surface area (TPSA) is 12.0 Å². The first-order chi connectivity index (χ1) is 8.13. The van der Waals surface area contributed by atoms with Crippen molar-refractivity contribution in [3.63, 3.8) is 0 Å². The van der Waals surface area contributed by atoms with E-state index in [0.717, 1.165) is 29.7 Å². The van der Waals surface area contributed by atoms with Crippen molar-refractivity contribution in [3.8, 4) is 0 Å². The molecule has 1 saturated heterocycles. The van der Waals surface area contributed by atoms with Crippen molar-refractivity contribution < 1.29 is 4.39 Å². The summed E-state index contributed by atoms with van der Waals surface area (Å²) in [7, 11) is 0. The van der Waals surface area contributed by atoms with Crippen LogP contribution < -0.4 is 5.32 Å². The number of benzene rings is 1. The van der Waals surface area contributed by atoms with Gasteiger partial charge >= 0.3 is 0 Å². The van der Waals surface area contributed by atoms with Crippen molar-refractivity contribution in [2.45, 2.75) is 45.1 Å². The molecule has 1 nitrogen and oxygen atoms in total. The van der Waals surface area contributed by atoms with Crippen molar-refractivity contribution in [2.24, 2.45) is 5.92 Å². The Bertz CT molecular complexity index is 419. The number of aryl methyl sites for hydroxylation is 2. The molecular formula is C15H20FN. The van der Waals surface area contributed by atoms with E-state index in [-0.39, 0.29) is 11.4 Å². The Morgan fingerprint density at radius 3 is 2.59 bits per heavy atom. The fraction of sp³-hybridized carbons (Fsp3) is 0.600. The van der Waals surface area contributed by atoms with Crippen LogP contribution in [-0.4, -0.2) is 6.54 Å². The van der Waals surface area contributed by atoms with E-state index in [4.69, 9.17) is 0 Å². The molecule has 0 spiro atoms. The highest BCUT2D eigenvalue weighted by molar-refractivity contribution is 5.39. The van der Waals surface area contributed by atoms with Crippen molar-refractivity contribution in [1.82, 2.24) is 5.32 Å². The molecule has 2 aliphatic rings. The van der Waals surface area contributed by atoms with E-state index in [2.05, 4.69) is 18.3 Å². The van der Waals surface area contributed by atoms with Gasteiger partial charge in [0.05, 0.1) is 0 Å². The predicted molar refractivity (Wildman–Crippen MR) is 67.5 cm³/mol. The summed E-state index contributed by atoms with van der Waals surface area (Å²) >= 11 is 0.